The van der Waals surface area contributed by atoms with Crippen LogP contribution in [0.3, 0.4) is 0 Å². The van der Waals surface area contributed by atoms with E-state index in [1.165, 1.54) is 25.7 Å². The second-order valence-electron chi connectivity index (χ2n) is 2.32. The maximum atomic E-state index is 8.17. The van der Waals surface area contributed by atoms with Gasteiger partial charge in [-0.25, -0.2) is 0 Å². The molecule has 0 aliphatic carbocycles. The van der Waals surface area contributed by atoms with Crippen LogP contribution >= 0.6 is 0 Å². The van der Waals surface area contributed by atoms with Crippen molar-refractivity contribution in [1.82, 2.24) is 0 Å². The molecule has 3 heteroatoms. The fraction of sp³-hybridized carbons (Fsp3) is 0.875. The molecular weight excluding hydrogens is 138 g/mol. The van der Waals surface area contributed by atoms with E-state index in [9.17, 15) is 0 Å². The Labute approximate surface area is 69.3 Å². The Kier molecular flexibility index (Phi) is 19.2. The van der Waals surface area contributed by atoms with Gasteiger partial charge in [0.25, 0.3) is 0 Å². The maximum Gasteiger partial charge on any atom is 0.0621 e. The van der Waals surface area contributed by atoms with Crippen LogP contribution in [0.5, 0.6) is 0 Å². The van der Waals surface area contributed by atoms with Gasteiger partial charge in [-0.05, 0) is 6.42 Å². The summed E-state index contributed by atoms with van der Waals surface area (Å²) in [4.78, 5) is 0. The molecule has 11 heavy (non-hydrogen) atoms. The fourth-order valence-electron chi connectivity index (χ4n) is 0.808. The zero-order chi connectivity index (χ0) is 8.95. The summed E-state index contributed by atoms with van der Waals surface area (Å²) in [6, 6.07) is 2.14. The first-order chi connectivity index (χ1) is 5.41. The lowest BCUT2D eigenvalue weighted by atomic mass is 10.1. The molecule has 0 saturated heterocycles. The highest BCUT2D eigenvalue weighted by Crippen LogP contribution is 2.03. The molecule has 0 bridgehead atoms. The van der Waals surface area contributed by atoms with Gasteiger partial charge in [-0.15, -0.1) is 0 Å². The number of hydrogen-bond acceptors (Lipinski definition) is 3. The van der Waals surface area contributed by atoms with Gasteiger partial charge in [-0.3, -0.25) is 11.7 Å². The van der Waals surface area contributed by atoms with Gasteiger partial charge < -0.3 is 0 Å². The molecule has 0 radical (unpaired) electrons. The zero-order valence-electron chi connectivity index (χ0n) is 7.34. The molecule has 0 aromatic rings. The normalized spacial score (nSPS) is 7.82. The minimum absolute atomic E-state index is 0.740. The molecule has 3 nitrogen and oxygen atoms in total. The molecule has 0 fully saturated rings. The molecule has 0 aromatic heterocycles. The molecule has 0 heterocycles. The third kappa shape index (κ3) is 17.7. The van der Waals surface area contributed by atoms with E-state index in [1.54, 1.807) is 0 Å². The second-order valence-corrected chi connectivity index (χ2v) is 2.32. The van der Waals surface area contributed by atoms with E-state index in [4.69, 9.17) is 5.26 Å². The van der Waals surface area contributed by atoms with Gasteiger partial charge in [0.05, 0.1) is 6.07 Å². The quantitative estimate of drug-likeness (QED) is 0.362. The van der Waals surface area contributed by atoms with Crippen LogP contribution in [0.25, 0.3) is 0 Å². The van der Waals surface area contributed by atoms with Crippen molar-refractivity contribution < 1.29 is 0 Å². The van der Waals surface area contributed by atoms with Gasteiger partial charge in [0, 0.05) is 6.42 Å². The highest BCUT2D eigenvalue weighted by molar-refractivity contribution is 4.67. The molecule has 0 aromatic carbocycles. The SMILES string of the molecule is CCCCCCCC#N.NN. The lowest BCUT2D eigenvalue weighted by molar-refractivity contribution is 0.640. The number of hydrogen-bond donors (Lipinski definition) is 2. The van der Waals surface area contributed by atoms with Crippen LogP contribution in [0.1, 0.15) is 45.4 Å². The molecule has 4 N–H and O–H groups in total. The van der Waals surface area contributed by atoms with Gasteiger partial charge >= 0.3 is 0 Å². The summed E-state index contributed by atoms with van der Waals surface area (Å²) in [6.45, 7) is 2.20. The van der Waals surface area contributed by atoms with Crippen molar-refractivity contribution in [2.24, 2.45) is 11.7 Å². The third-order valence-corrected chi connectivity index (χ3v) is 1.39. The lowest BCUT2D eigenvalue weighted by Crippen LogP contribution is -2.02. The zero-order valence-corrected chi connectivity index (χ0v) is 7.34. The second kappa shape index (κ2) is 16.2. The van der Waals surface area contributed by atoms with Crippen LogP contribution in [-0.4, -0.2) is 0 Å². The number of nitrogens with two attached hydrogens (primary N) is 2. The van der Waals surface area contributed by atoms with E-state index < -0.39 is 0 Å². The number of hydrazine groups is 1. The summed E-state index contributed by atoms with van der Waals surface area (Å²) >= 11 is 0. The fourth-order valence-corrected chi connectivity index (χ4v) is 0.808. The average molecular weight is 157 g/mol. The third-order valence-electron chi connectivity index (χ3n) is 1.39. The lowest BCUT2D eigenvalue weighted by Gasteiger charge is -1.92. The predicted octanol–water partition coefficient (Wildman–Crippen LogP) is 1.69. The standard InChI is InChI=1S/C8H15N.H4N2/c1-2-3-4-5-6-7-8-9;1-2/h2-7H2,1H3;1-2H2. The Bertz CT molecular complexity index is 85.8. The van der Waals surface area contributed by atoms with Gasteiger partial charge in [-0.1, -0.05) is 32.6 Å². The minimum Gasteiger partial charge on any atom is -0.274 e. The van der Waals surface area contributed by atoms with E-state index >= 15 is 0 Å². The van der Waals surface area contributed by atoms with Crippen molar-refractivity contribution in [1.29, 1.82) is 5.26 Å². The molecule has 0 atom stereocenters. The van der Waals surface area contributed by atoms with E-state index in [0.29, 0.717) is 0 Å². The molecule has 0 saturated carbocycles. The molecule has 0 rings (SSSR count). The summed E-state index contributed by atoms with van der Waals surface area (Å²) in [5.41, 5.74) is 0. The molecule has 66 valence electrons. The molecule has 0 spiro atoms. The average Bonchev–Trinajstić information content (AvgIpc) is 2.08. The highest BCUT2D eigenvalue weighted by Gasteiger charge is 1.85. The first-order valence-electron chi connectivity index (χ1n) is 4.12. The van der Waals surface area contributed by atoms with Crippen molar-refractivity contribution in [3.05, 3.63) is 0 Å². The van der Waals surface area contributed by atoms with E-state index in [1.807, 2.05) is 0 Å². The molecular formula is C8H19N3. The Balaban J connectivity index is 0. The van der Waals surface area contributed by atoms with Crippen LogP contribution in [0, 0.1) is 11.3 Å². The maximum absolute atomic E-state index is 8.17. The number of nitriles is 1. The Hall–Kier alpha value is -0.590. The van der Waals surface area contributed by atoms with Gasteiger partial charge in [-0.2, -0.15) is 5.26 Å². The van der Waals surface area contributed by atoms with Gasteiger partial charge in [0.2, 0.25) is 0 Å². The molecule has 0 aliphatic heterocycles. The van der Waals surface area contributed by atoms with Crippen molar-refractivity contribution in [3.8, 4) is 6.07 Å². The first kappa shape index (κ1) is 13.0. The van der Waals surface area contributed by atoms with Crippen molar-refractivity contribution in [3.63, 3.8) is 0 Å². The first-order valence-corrected chi connectivity index (χ1v) is 4.12. The van der Waals surface area contributed by atoms with Gasteiger partial charge in [0.1, 0.15) is 0 Å². The highest BCUT2D eigenvalue weighted by atomic mass is 15.0. The Morgan fingerprint density at radius 3 is 2.09 bits per heavy atom. The van der Waals surface area contributed by atoms with Crippen LogP contribution in [-0.2, 0) is 0 Å². The summed E-state index contributed by atoms with van der Waals surface area (Å²) in [6.07, 6.45) is 6.98. The summed E-state index contributed by atoms with van der Waals surface area (Å²) in [5.74, 6) is 8.00. The van der Waals surface area contributed by atoms with E-state index in [2.05, 4.69) is 24.7 Å². The predicted molar refractivity (Wildman–Crippen MR) is 47.4 cm³/mol. The Morgan fingerprint density at radius 2 is 1.64 bits per heavy atom. The van der Waals surface area contributed by atoms with Crippen LogP contribution < -0.4 is 11.7 Å². The summed E-state index contributed by atoms with van der Waals surface area (Å²) in [7, 11) is 0. The monoisotopic (exact) mass is 157 g/mol. The number of unbranched alkanes of at least 4 members (excludes halogenated alkanes) is 5. The molecule has 0 amide bonds. The largest absolute Gasteiger partial charge is 0.274 e. The van der Waals surface area contributed by atoms with Crippen molar-refractivity contribution >= 4 is 0 Å². The van der Waals surface area contributed by atoms with E-state index in [0.717, 1.165) is 12.8 Å². The molecule has 0 aliphatic rings. The van der Waals surface area contributed by atoms with Crippen LogP contribution in [0.2, 0.25) is 0 Å². The van der Waals surface area contributed by atoms with Crippen LogP contribution in [0.4, 0.5) is 0 Å². The Morgan fingerprint density at radius 1 is 1.09 bits per heavy atom. The smallest absolute Gasteiger partial charge is 0.0621 e. The van der Waals surface area contributed by atoms with E-state index in [-0.39, 0.29) is 0 Å². The number of nitrogens with zero attached hydrogens (tertiary/aromatic N) is 1. The summed E-state index contributed by atoms with van der Waals surface area (Å²) < 4.78 is 0. The topological polar surface area (TPSA) is 75.8 Å². The van der Waals surface area contributed by atoms with Crippen molar-refractivity contribution in [2.75, 3.05) is 0 Å². The summed E-state index contributed by atoms with van der Waals surface area (Å²) in [5, 5.41) is 8.17. The minimum atomic E-state index is 0.740. The van der Waals surface area contributed by atoms with Crippen molar-refractivity contribution in [2.45, 2.75) is 45.4 Å². The van der Waals surface area contributed by atoms with Gasteiger partial charge in [0.15, 0.2) is 0 Å². The van der Waals surface area contributed by atoms with Crippen LogP contribution in [0.15, 0.2) is 0 Å². The number of rotatable bonds is 5. The molecule has 0 unspecified atom stereocenters.